The lowest BCUT2D eigenvalue weighted by Gasteiger charge is -2.21. The fourth-order valence-corrected chi connectivity index (χ4v) is 3.97. The smallest absolute Gasteiger partial charge is 0.221 e. The van der Waals surface area contributed by atoms with E-state index in [4.69, 9.17) is 11.6 Å². The van der Waals surface area contributed by atoms with Gasteiger partial charge in [0.1, 0.15) is 12.6 Å². The Hall–Kier alpha value is -1.89. The topological polar surface area (TPSA) is 67.7 Å². The number of halogens is 1. The van der Waals surface area contributed by atoms with E-state index in [1.54, 1.807) is 0 Å². The van der Waals surface area contributed by atoms with Crippen molar-refractivity contribution in [3.05, 3.63) is 65.2 Å². The number of hydrogen-bond donors (Lipinski definition) is 2. The molecule has 2 aromatic carbocycles. The normalized spacial score (nSPS) is 12.8. The van der Waals surface area contributed by atoms with Crippen LogP contribution in [0.25, 0.3) is 0 Å². The van der Waals surface area contributed by atoms with Crippen LogP contribution in [0.3, 0.4) is 0 Å². The number of likely N-dealkylation sites (N-methyl/N-ethyl adjacent to an activating group) is 1. The number of nitrogens with one attached hydrogen (secondary N) is 2. The Morgan fingerprint density at radius 1 is 1.08 bits per heavy atom. The molecule has 5 nitrogen and oxygen atoms in total. The van der Waals surface area contributed by atoms with Gasteiger partial charge in [-0.25, -0.2) is 8.42 Å². The second-order valence-electron chi connectivity index (χ2n) is 6.46. The Morgan fingerprint density at radius 2 is 1.69 bits per heavy atom. The van der Waals surface area contributed by atoms with Gasteiger partial charge >= 0.3 is 0 Å². The monoisotopic (exact) mass is 395 g/mol. The number of hydrogen-bond acceptors (Lipinski definition) is 3. The van der Waals surface area contributed by atoms with Gasteiger partial charge in [-0.3, -0.25) is 4.79 Å². The molecule has 1 atom stereocenters. The van der Waals surface area contributed by atoms with Crippen LogP contribution < -0.4 is 10.2 Å². The summed E-state index contributed by atoms with van der Waals surface area (Å²) in [5.74, 6) is -0.519. The molecule has 7 heteroatoms. The van der Waals surface area contributed by atoms with Crippen LogP contribution in [0.1, 0.15) is 18.0 Å². The fourth-order valence-electron chi connectivity index (χ4n) is 2.60. The van der Waals surface area contributed by atoms with E-state index in [9.17, 15) is 13.2 Å². The first-order valence-corrected chi connectivity index (χ1v) is 10.4. The third kappa shape index (κ3) is 6.12. The second kappa shape index (κ2) is 9.16. The number of benzene rings is 2. The zero-order valence-electron chi connectivity index (χ0n) is 14.9. The van der Waals surface area contributed by atoms with Crippen molar-refractivity contribution in [3.8, 4) is 0 Å². The number of quaternary nitrogens is 1. The van der Waals surface area contributed by atoms with Gasteiger partial charge in [-0.05, 0) is 29.8 Å². The number of carbonyl (C=O) groups excluding carboxylic acids is 1. The third-order valence-corrected chi connectivity index (χ3v) is 5.90. The van der Waals surface area contributed by atoms with Gasteiger partial charge in [-0.15, -0.1) is 0 Å². The summed E-state index contributed by atoms with van der Waals surface area (Å²) >= 11 is 5.79. The molecule has 0 saturated carbocycles. The summed E-state index contributed by atoms with van der Waals surface area (Å²) in [4.78, 5) is 13.7. The standard InChI is InChI=1S/C19H23ClN2O3S/c1-22(2)14-18(15-6-4-3-5-7-15)21-19(23)12-13-26(24,25)17-10-8-16(20)9-11-17/h3-11,18H,12-14H2,1-2H3,(H,21,23)/p+1/t18-/m1/s1. The van der Waals surface area contributed by atoms with Crippen molar-refractivity contribution < 1.29 is 18.1 Å². The van der Waals surface area contributed by atoms with Crippen LogP contribution in [0.15, 0.2) is 59.5 Å². The van der Waals surface area contributed by atoms with Crippen molar-refractivity contribution in [1.82, 2.24) is 5.32 Å². The molecule has 0 fully saturated rings. The van der Waals surface area contributed by atoms with Gasteiger partial charge in [-0.2, -0.15) is 0 Å². The van der Waals surface area contributed by atoms with Gasteiger partial charge < -0.3 is 10.2 Å². The van der Waals surface area contributed by atoms with Crippen molar-refractivity contribution >= 4 is 27.3 Å². The lowest BCUT2D eigenvalue weighted by Crippen LogP contribution is -3.06. The molecule has 0 saturated heterocycles. The van der Waals surface area contributed by atoms with Gasteiger partial charge in [0.15, 0.2) is 9.84 Å². The predicted molar refractivity (Wildman–Crippen MR) is 103 cm³/mol. The van der Waals surface area contributed by atoms with E-state index in [1.165, 1.54) is 29.2 Å². The summed E-state index contributed by atoms with van der Waals surface area (Å²) in [5.41, 5.74) is 1.00. The largest absolute Gasteiger partial charge is 0.344 e. The van der Waals surface area contributed by atoms with Crippen molar-refractivity contribution in [2.24, 2.45) is 0 Å². The molecule has 0 spiro atoms. The Kier molecular flexibility index (Phi) is 7.20. The first-order chi connectivity index (χ1) is 12.3. The maximum absolute atomic E-state index is 12.4. The molecular formula is C19H24ClN2O3S+. The van der Waals surface area contributed by atoms with Gasteiger partial charge in [0.2, 0.25) is 5.91 Å². The van der Waals surface area contributed by atoms with Gasteiger partial charge in [-0.1, -0.05) is 41.9 Å². The van der Waals surface area contributed by atoms with Crippen molar-refractivity contribution in [2.45, 2.75) is 17.4 Å². The summed E-state index contributed by atoms with van der Waals surface area (Å²) in [7, 11) is 0.494. The van der Waals surface area contributed by atoms with E-state index in [0.29, 0.717) is 11.6 Å². The van der Waals surface area contributed by atoms with E-state index in [1.807, 2.05) is 44.4 Å². The third-order valence-electron chi connectivity index (χ3n) is 3.92. The van der Waals surface area contributed by atoms with E-state index in [2.05, 4.69) is 5.32 Å². The minimum atomic E-state index is -3.52. The van der Waals surface area contributed by atoms with E-state index in [0.717, 1.165) is 5.56 Å². The molecule has 2 rings (SSSR count). The quantitative estimate of drug-likeness (QED) is 0.711. The molecule has 0 aliphatic rings. The van der Waals surface area contributed by atoms with Crippen molar-refractivity contribution in [2.75, 3.05) is 26.4 Å². The maximum Gasteiger partial charge on any atom is 0.221 e. The number of sulfone groups is 1. The van der Waals surface area contributed by atoms with E-state index >= 15 is 0 Å². The average Bonchev–Trinajstić information content (AvgIpc) is 2.60. The van der Waals surface area contributed by atoms with Gasteiger partial charge in [0.25, 0.3) is 0 Å². The minimum Gasteiger partial charge on any atom is -0.344 e. The highest BCUT2D eigenvalue weighted by molar-refractivity contribution is 7.91. The maximum atomic E-state index is 12.4. The zero-order valence-corrected chi connectivity index (χ0v) is 16.5. The highest BCUT2D eigenvalue weighted by Crippen LogP contribution is 2.16. The molecule has 2 aromatic rings. The molecule has 0 unspecified atom stereocenters. The number of carbonyl (C=O) groups is 1. The van der Waals surface area contributed by atoms with Crippen LogP contribution in [0.5, 0.6) is 0 Å². The first-order valence-electron chi connectivity index (χ1n) is 8.39. The average molecular weight is 396 g/mol. The summed E-state index contributed by atoms with van der Waals surface area (Å²) in [5, 5.41) is 3.42. The Morgan fingerprint density at radius 3 is 2.27 bits per heavy atom. The van der Waals surface area contributed by atoms with Crippen molar-refractivity contribution in [1.29, 1.82) is 0 Å². The molecule has 0 bridgehead atoms. The van der Waals surface area contributed by atoms with Crippen LogP contribution in [0.2, 0.25) is 5.02 Å². The molecule has 0 aliphatic heterocycles. The first kappa shape index (κ1) is 20.4. The summed E-state index contributed by atoms with van der Waals surface area (Å²) in [6.45, 7) is 0.708. The van der Waals surface area contributed by atoms with Crippen LogP contribution in [0.4, 0.5) is 0 Å². The highest BCUT2D eigenvalue weighted by Gasteiger charge is 2.20. The molecule has 0 heterocycles. The molecule has 2 N–H and O–H groups in total. The summed E-state index contributed by atoms with van der Waals surface area (Å²) < 4.78 is 24.7. The Balaban J connectivity index is 2.00. The lowest BCUT2D eigenvalue weighted by molar-refractivity contribution is -0.860. The van der Waals surface area contributed by atoms with Crippen LogP contribution >= 0.6 is 11.6 Å². The SMILES string of the molecule is C[NH+](C)C[C@@H](NC(=O)CCS(=O)(=O)c1ccc(Cl)cc1)c1ccccc1. The Labute approximate surface area is 159 Å². The molecule has 0 aromatic heterocycles. The summed E-state index contributed by atoms with van der Waals surface area (Å²) in [6.07, 6.45) is -0.0863. The fraction of sp³-hybridized carbons (Fsp3) is 0.316. The summed E-state index contributed by atoms with van der Waals surface area (Å²) in [6, 6.07) is 15.5. The predicted octanol–water partition coefficient (Wildman–Crippen LogP) is 1.51. The molecule has 0 aliphatic carbocycles. The second-order valence-corrected chi connectivity index (χ2v) is 9.01. The highest BCUT2D eigenvalue weighted by atomic mass is 35.5. The number of rotatable bonds is 8. The lowest BCUT2D eigenvalue weighted by atomic mass is 10.1. The molecule has 140 valence electrons. The van der Waals surface area contributed by atoms with E-state index < -0.39 is 9.84 Å². The zero-order chi connectivity index (χ0) is 19.2. The molecule has 1 amide bonds. The van der Waals surface area contributed by atoms with Crippen LogP contribution in [-0.2, 0) is 14.6 Å². The van der Waals surface area contributed by atoms with Crippen molar-refractivity contribution in [3.63, 3.8) is 0 Å². The number of amides is 1. The molecular weight excluding hydrogens is 372 g/mol. The van der Waals surface area contributed by atoms with E-state index in [-0.39, 0.29) is 29.0 Å². The minimum absolute atomic E-state index is 0.0863. The van der Waals surface area contributed by atoms with Crippen LogP contribution in [-0.4, -0.2) is 40.7 Å². The van der Waals surface area contributed by atoms with Gasteiger partial charge in [0, 0.05) is 11.4 Å². The molecule has 26 heavy (non-hydrogen) atoms. The molecule has 0 radical (unpaired) electrons. The van der Waals surface area contributed by atoms with Crippen LogP contribution in [0, 0.1) is 0 Å². The van der Waals surface area contributed by atoms with Gasteiger partial charge in [0.05, 0.1) is 24.7 Å². The Bertz CT molecular complexity index is 822.